The summed E-state index contributed by atoms with van der Waals surface area (Å²) in [5.74, 6) is -1.01. The van der Waals surface area contributed by atoms with Gasteiger partial charge in [-0.1, -0.05) is 6.92 Å². The van der Waals surface area contributed by atoms with E-state index in [1.807, 2.05) is 4.90 Å². The van der Waals surface area contributed by atoms with Crippen LogP contribution in [0.2, 0.25) is 0 Å². The molecule has 2 aliphatic heterocycles. The van der Waals surface area contributed by atoms with Crippen molar-refractivity contribution in [1.29, 1.82) is 0 Å². The van der Waals surface area contributed by atoms with Gasteiger partial charge in [0.15, 0.2) is 0 Å². The Morgan fingerprint density at radius 3 is 2.00 bits per heavy atom. The predicted molar refractivity (Wildman–Crippen MR) is 71.0 cm³/mol. The summed E-state index contributed by atoms with van der Waals surface area (Å²) < 4.78 is 0. The van der Waals surface area contributed by atoms with Crippen LogP contribution in [0.5, 0.6) is 0 Å². The van der Waals surface area contributed by atoms with Crippen LogP contribution < -0.4 is 0 Å². The van der Waals surface area contributed by atoms with Gasteiger partial charge in [0, 0.05) is 39.3 Å². The molecule has 6 heteroatoms. The van der Waals surface area contributed by atoms with Crippen molar-refractivity contribution < 1.29 is 14.7 Å². The summed E-state index contributed by atoms with van der Waals surface area (Å²) >= 11 is 0. The van der Waals surface area contributed by atoms with E-state index in [1.54, 1.807) is 4.90 Å². The molecule has 2 saturated heterocycles. The molecule has 19 heavy (non-hydrogen) atoms. The van der Waals surface area contributed by atoms with Crippen LogP contribution in [0.3, 0.4) is 0 Å². The van der Waals surface area contributed by atoms with Crippen LogP contribution in [-0.2, 0) is 4.79 Å². The van der Waals surface area contributed by atoms with Crippen LogP contribution in [0, 0.1) is 5.92 Å². The minimum Gasteiger partial charge on any atom is -0.481 e. The first kappa shape index (κ1) is 14.1. The first-order valence-corrected chi connectivity index (χ1v) is 7.10. The topological polar surface area (TPSA) is 64.1 Å². The summed E-state index contributed by atoms with van der Waals surface area (Å²) in [5, 5.41) is 8.95. The lowest BCUT2D eigenvalue weighted by atomic mass is 9.97. The first-order valence-electron chi connectivity index (χ1n) is 7.10. The molecule has 0 bridgehead atoms. The van der Waals surface area contributed by atoms with Gasteiger partial charge in [0.2, 0.25) is 0 Å². The number of piperidine rings is 1. The summed E-state index contributed by atoms with van der Waals surface area (Å²) in [6, 6.07) is 0.0830. The number of carbonyl (C=O) groups excluding carboxylic acids is 1. The van der Waals surface area contributed by atoms with Gasteiger partial charge >= 0.3 is 12.0 Å². The van der Waals surface area contributed by atoms with E-state index in [2.05, 4.69) is 11.8 Å². The summed E-state index contributed by atoms with van der Waals surface area (Å²) in [5.41, 5.74) is 0. The Bertz CT molecular complexity index is 332. The number of urea groups is 1. The fraction of sp³-hybridized carbons (Fsp3) is 0.846. The van der Waals surface area contributed by atoms with Crippen LogP contribution >= 0.6 is 0 Å². The van der Waals surface area contributed by atoms with E-state index in [0.717, 1.165) is 32.7 Å². The van der Waals surface area contributed by atoms with Gasteiger partial charge in [-0.15, -0.1) is 0 Å². The fourth-order valence-electron chi connectivity index (χ4n) is 2.77. The molecule has 0 saturated carbocycles. The number of piperazine rings is 1. The van der Waals surface area contributed by atoms with E-state index in [0.29, 0.717) is 25.9 Å². The summed E-state index contributed by atoms with van der Waals surface area (Å²) in [4.78, 5) is 29.2. The number of hydrogen-bond donors (Lipinski definition) is 1. The van der Waals surface area contributed by atoms with Gasteiger partial charge in [-0.3, -0.25) is 4.79 Å². The molecule has 0 unspecified atom stereocenters. The zero-order valence-corrected chi connectivity index (χ0v) is 11.5. The Labute approximate surface area is 114 Å². The standard InChI is InChI=1S/C13H23N3O3/c1-2-14-7-9-16(10-8-14)13(19)15-5-3-11(4-6-15)12(17)18/h11H,2-10H2,1H3,(H,17,18). The van der Waals surface area contributed by atoms with Gasteiger partial charge in [0.1, 0.15) is 0 Å². The summed E-state index contributed by atoms with van der Waals surface area (Å²) in [7, 11) is 0. The number of carboxylic acid groups (broad SMARTS) is 1. The molecule has 0 aromatic rings. The molecule has 0 spiro atoms. The summed E-state index contributed by atoms with van der Waals surface area (Å²) in [6.07, 6.45) is 1.16. The van der Waals surface area contributed by atoms with E-state index in [-0.39, 0.29) is 11.9 Å². The Balaban J connectivity index is 1.80. The normalized spacial score (nSPS) is 22.6. The van der Waals surface area contributed by atoms with Crippen molar-refractivity contribution >= 4 is 12.0 Å². The highest BCUT2D eigenvalue weighted by Gasteiger charge is 2.30. The number of nitrogens with zero attached hydrogens (tertiary/aromatic N) is 3. The monoisotopic (exact) mass is 269 g/mol. The number of aliphatic carboxylic acids is 1. The zero-order valence-electron chi connectivity index (χ0n) is 11.5. The van der Waals surface area contributed by atoms with Crippen molar-refractivity contribution in [1.82, 2.24) is 14.7 Å². The second kappa shape index (κ2) is 6.23. The maximum absolute atomic E-state index is 12.3. The Hall–Kier alpha value is -1.30. The molecular formula is C13H23N3O3. The number of carboxylic acids is 1. The third-order valence-electron chi connectivity index (χ3n) is 4.20. The van der Waals surface area contributed by atoms with Crippen molar-refractivity contribution in [3.8, 4) is 0 Å². The smallest absolute Gasteiger partial charge is 0.320 e. The summed E-state index contributed by atoms with van der Waals surface area (Å²) in [6.45, 7) is 7.76. The minimum absolute atomic E-state index is 0.0830. The third kappa shape index (κ3) is 3.37. The average Bonchev–Trinajstić information content (AvgIpc) is 2.46. The molecular weight excluding hydrogens is 246 g/mol. The minimum atomic E-state index is -0.733. The average molecular weight is 269 g/mol. The molecule has 2 fully saturated rings. The molecule has 6 nitrogen and oxygen atoms in total. The lowest BCUT2D eigenvalue weighted by Gasteiger charge is -2.39. The molecule has 108 valence electrons. The highest BCUT2D eigenvalue weighted by Crippen LogP contribution is 2.18. The molecule has 2 heterocycles. The molecule has 2 aliphatic rings. The Kier molecular flexibility index (Phi) is 4.63. The zero-order chi connectivity index (χ0) is 13.8. The number of amides is 2. The number of likely N-dealkylation sites (N-methyl/N-ethyl adjacent to an activating group) is 1. The number of carbonyl (C=O) groups is 2. The van der Waals surface area contributed by atoms with Crippen LogP contribution in [0.4, 0.5) is 4.79 Å². The van der Waals surface area contributed by atoms with Gasteiger partial charge in [-0.25, -0.2) is 4.79 Å². The van der Waals surface area contributed by atoms with Crippen molar-refractivity contribution in [3.05, 3.63) is 0 Å². The predicted octanol–water partition coefficient (Wildman–Crippen LogP) is 0.540. The van der Waals surface area contributed by atoms with Crippen molar-refractivity contribution in [2.75, 3.05) is 45.8 Å². The lowest BCUT2D eigenvalue weighted by molar-refractivity contribution is -0.143. The Morgan fingerprint density at radius 1 is 1.00 bits per heavy atom. The largest absolute Gasteiger partial charge is 0.481 e. The molecule has 0 aliphatic carbocycles. The molecule has 2 amide bonds. The highest BCUT2D eigenvalue weighted by molar-refractivity contribution is 5.75. The van der Waals surface area contributed by atoms with E-state index in [1.165, 1.54) is 0 Å². The lowest BCUT2D eigenvalue weighted by Crippen LogP contribution is -2.54. The van der Waals surface area contributed by atoms with Crippen LogP contribution in [0.25, 0.3) is 0 Å². The van der Waals surface area contributed by atoms with E-state index in [9.17, 15) is 9.59 Å². The number of hydrogen-bond acceptors (Lipinski definition) is 3. The third-order valence-corrected chi connectivity index (χ3v) is 4.20. The molecule has 0 atom stereocenters. The molecule has 2 rings (SSSR count). The maximum atomic E-state index is 12.3. The molecule has 1 N–H and O–H groups in total. The molecule has 0 aromatic carbocycles. The van der Waals surface area contributed by atoms with Gasteiger partial charge < -0.3 is 19.8 Å². The SMILES string of the molecule is CCN1CCN(C(=O)N2CCC(C(=O)O)CC2)CC1. The van der Waals surface area contributed by atoms with Crippen molar-refractivity contribution in [2.45, 2.75) is 19.8 Å². The van der Waals surface area contributed by atoms with Crippen molar-refractivity contribution in [2.24, 2.45) is 5.92 Å². The van der Waals surface area contributed by atoms with E-state index in [4.69, 9.17) is 5.11 Å². The van der Waals surface area contributed by atoms with E-state index < -0.39 is 5.97 Å². The van der Waals surface area contributed by atoms with Crippen LogP contribution in [-0.4, -0.2) is 77.6 Å². The number of rotatable bonds is 2. The van der Waals surface area contributed by atoms with Gasteiger partial charge in [0.05, 0.1) is 5.92 Å². The molecule has 0 aromatic heterocycles. The first-order chi connectivity index (χ1) is 9.11. The van der Waals surface area contributed by atoms with E-state index >= 15 is 0 Å². The second-order valence-electron chi connectivity index (χ2n) is 5.30. The van der Waals surface area contributed by atoms with Gasteiger partial charge in [-0.2, -0.15) is 0 Å². The number of likely N-dealkylation sites (tertiary alicyclic amines) is 1. The Morgan fingerprint density at radius 2 is 1.53 bits per heavy atom. The quantitative estimate of drug-likeness (QED) is 0.794. The van der Waals surface area contributed by atoms with Crippen LogP contribution in [0.15, 0.2) is 0 Å². The maximum Gasteiger partial charge on any atom is 0.320 e. The van der Waals surface area contributed by atoms with Crippen molar-refractivity contribution in [3.63, 3.8) is 0 Å². The fourth-order valence-corrected chi connectivity index (χ4v) is 2.77. The van der Waals surface area contributed by atoms with Gasteiger partial charge in [0.25, 0.3) is 0 Å². The molecule has 0 radical (unpaired) electrons. The second-order valence-corrected chi connectivity index (χ2v) is 5.30. The van der Waals surface area contributed by atoms with Gasteiger partial charge in [-0.05, 0) is 19.4 Å². The highest BCUT2D eigenvalue weighted by atomic mass is 16.4. The van der Waals surface area contributed by atoms with Crippen LogP contribution in [0.1, 0.15) is 19.8 Å².